The number of nitrogens with one attached hydrogen (secondary N) is 1. The van der Waals surface area contributed by atoms with Gasteiger partial charge in [-0.1, -0.05) is 24.3 Å². The second kappa shape index (κ2) is 6.43. The Morgan fingerprint density at radius 2 is 2.00 bits per heavy atom. The van der Waals surface area contributed by atoms with Gasteiger partial charge in [-0.15, -0.1) is 11.3 Å². The molecule has 2 heterocycles. The number of thiazole rings is 1. The Bertz CT molecular complexity index is 1070. The Balaban J connectivity index is 1.57. The molecule has 1 aliphatic rings. The van der Waals surface area contributed by atoms with E-state index in [0.717, 1.165) is 15.8 Å². The molecule has 7 heteroatoms. The summed E-state index contributed by atoms with van der Waals surface area (Å²) in [6.07, 6.45) is 1.60. The van der Waals surface area contributed by atoms with Crippen LogP contribution < -0.4 is 0 Å². The van der Waals surface area contributed by atoms with Crippen molar-refractivity contribution in [1.82, 2.24) is 9.99 Å². The summed E-state index contributed by atoms with van der Waals surface area (Å²) >= 11 is 1.44. The van der Waals surface area contributed by atoms with Crippen LogP contribution in [0.4, 0.5) is 0 Å². The van der Waals surface area contributed by atoms with Crippen LogP contribution >= 0.6 is 11.3 Å². The number of rotatable bonds is 3. The predicted molar refractivity (Wildman–Crippen MR) is 102 cm³/mol. The summed E-state index contributed by atoms with van der Waals surface area (Å²) in [4.78, 5) is 4.52. The molecule has 0 saturated carbocycles. The topological polar surface area (TPSA) is 96.4 Å². The van der Waals surface area contributed by atoms with E-state index in [9.17, 15) is 5.11 Å². The Hall–Kier alpha value is -3.50. The van der Waals surface area contributed by atoms with Crippen LogP contribution in [0.2, 0.25) is 0 Å². The first-order valence-electron chi connectivity index (χ1n) is 7.84. The van der Waals surface area contributed by atoms with Crippen molar-refractivity contribution in [3.8, 4) is 6.07 Å². The number of aliphatic hydroxyl groups excluding tert-OH is 1. The van der Waals surface area contributed by atoms with Crippen LogP contribution in [0.1, 0.15) is 16.1 Å². The first-order chi connectivity index (χ1) is 12.7. The molecule has 0 saturated heterocycles. The van der Waals surface area contributed by atoms with Gasteiger partial charge in [-0.25, -0.2) is 9.99 Å². The number of aromatic nitrogens is 1. The van der Waals surface area contributed by atoms with Gasteiger partial charge >= 0.3 is 0 Å². The van der Waals surface area contributed by atoms with Crippen LogP contribution in [-0.2, 0) is 0 Å². The van der Waals surface area contributed by atoms with Gasteiger partial charge in [-0.05, 0) is 29.8 Å². The third kappa shape index (κ3) is 2.83. The van der Waals surface area contributed by atoms with Gasteiger partial charge in [0.05, 0.1) is 33.6 Å². The highest BCUT2D eigenvalue weighted by molar-refractivity contribution is 7.19. The standard InChI is InChI=1S/C19H13N5OS/c20-9-12-5-7-13(8-6-12)10-22-24-11-15(25)17(18(24)21)19-23-14-3-1-2-4-16(14)26-19/h1-8,10,21,25H,11H2/b21-18?,22-10+. The van der Waals surface area contributed by atoms with Crippen molar-refractivity contribution < 1.29 is 5.11 Å². The van der Waals surface area contributed by atoms with Crippen LogP contribution in [0, 0.1) is 16.7 Å². The number of aliphatic hydroxyl groups is 1. The van der Waals surface area contributed by atoms with E-state index in [2.05, 4.69) is 16.2 Å². The first kappa shape index (κ1) is 16.0. The van der Waals surface area contributed by atoms with E-state index in [1.165, 1.54) is 16.3 Å². The van der Waals surface area contributed by atoms with Crippen molar-refractivity contribution in [2.75, 3.05) is 6.54 Å². The lowest BCUT2D eigenvalue weighted by atomic mass is 10.2. The molecule has 0 bridgehead atoms. The molecule has 0 fully saturated rings. The van der Waals surface area contributed by atoms with Crippen molar-refractivity contribution in [2.24, 2.45) is 5.10 Å². The minimum atomic E-state index is 0.0889. The summed E-state index contributed by atoms with van der Waals surface area (Å²) in [7, 11) is 0. The van der Waals surface area contributed by atoms with Crippen LogP contribution in [-0.4, -0.2) is 33.7 Å². The molecule has 0 radical (unpaired) electrons. The van der Waals surface area contributed by atoms with E-state index < -0.39 is 0 Å². The molecule has 1 aromatic heterocycles. The van der Waals surface area contributed by atoms with Gasteiger partial charge in [-0.2, -0.15) is 10.4 Å². The van der Waals surface area contributed by atoms with Gasteiger partial charge in [0.15, 0.2) is 5.84 Å². The lowest BCUT2D eigenvalue weighted by Crippen LogP contribution is -2.20. The molecule has 2 aromatic carbocycles. The number of benzene rings is 2. The van der Waals surface area contributed by atoms with Crippen molar-refractivity contribution in [3.05, 3.63) is 70.4 Å². The molecule has 6 nitrogen and oxygen atoms in total. The van der Waals surface area contributed by atoms with E-state index in [1.807, 2.05) is 24.3 Å². The van der Waals surface area contributed by atoms with E-state index in [1.54, 1.807) is 30.5 Å². The average molecular weight is 359 g/mol. The third-order valence-electron chi connectivity index (χ3n) is 3.98. The van der Waals surface area contributed by atoms with E-state index in [0.29, 0.717) is 16.1 Å². The molecular formula is C19H13N5OS. The summed E-state index contributed by atoms with van der Waals surface area (Å²) in [5.41, 5.74) is 2.65. The van der Waals surface area contributed by atoms with Crippen molar-refractivity contribution >= 4 is 39.2 Å². The summed E-state index contributed by atoms with van der Waals surface area (Å²) < 4.78 is 1.01. The highest BCUT2D eigenvalue weighted by Gasteiger charge is 2.30. The fraction of sp³-hybridized carbons (Fsp3) is 0.0526. The van der Waals surface area contributed by atoms with E-state index >= 15 is 0 Å². The van der Waals surface area contributed by atoms with Gasteiger partial charge in [0.1, 0.15) is 17.3 Å². The fourth-order valence-electron chi connectivity index (χ4n) is 2.65. The Morgan fingerprint density at radius 3 is 2.73 bits per heavy atom. The molecular weight excluding hydrogens is 346 g/mol. The van der Waals surface area contributed by atoms with Gasteiger partial charge in [0.25, 0.3) is 0 Å². The molecule has 0 atom stereocenters. The van der Waals surface area contributed by atoms with Gasteiger partial charge in [0, 0.05) is 0 Å². The molecule has 0 spiro atoms. The number of hydrogen-bond acceptors (Lipinski definition) is 6. The normalized spacial score (nSPS) is 14.6. The van der Waals surface area contributed by atoms with Crippen molar-refractivity contribution in [2.45, 2.75) is 0 Å². The van der Waals surface area contributed by atoms with Gasteiger partial charge in [0.2, 0.25) is 0 Å². The second-order valence-electron chi connectivity index (χ2n) is 5.69. The van der Waals surface area contributed by atoms with Crippen LogP contribution in [0.15, 0.2) is 59.4 Å². The maximum atomic E-state index is 10.3. The highest BCUT2D eigenvalue weighted by atomic mass is 32.1. The Labute approximate surface area is 153 Å². The first-order valence-corrected chi connectivity index (χ1v) is 8.66. The molecule has 126 valence electrons. The summed E-state index contributed by atoms with van der Waals surface area (Å²) in [5.74, 6) is 0.206. The number of hydrazone groups is 1. The second-order valence-corrected chi connectivity index (χ2v) is 6.72. The number of amidine groups is 1. The van der Waals surface area contributed by atoms with Gasteiger partial charge < -0.3 is 5.11 Å². The molecule has 2 N–H and O–H groups in total. The minimum Gasteiger partial charge on any atom is -0.509 e. The molecule has 3 aromatic rings. The monoisotopic (exact) mass is 359 g/mol. The quantitative estimate of drug-likeness (QED) is 0.696. The van der Waals surface area contributed by atoms with Crippen molar-refractivity contribution in [3.63, 3.8) is 0 Å². The lowest BCUT2D eigenvalue weighted by molar-refractivity contribution is 0.358. The summed E-state index contributed by atoms with van der Waals surface area (Å²) in [6.45, 7) is 0.136. The zero-order valence-corrected chi connectivity index (χ0v) is 14.4. The SMILES string of the molecule is N#Cc1ccc(/C=N/N2CC(O)=C(c3nc4ccccc4s3)C2=N)cc1. The predicted octanol–water partition coefficient (Wildman–Crippen LogP) is 3.76. The Morgan fingerprint density at radius 1 is 1.23 bits per heavy atom. The van der Waals surface area contributed by atoms with E-state index in [4.69, 9.17) is 10.7 Å². The smallest absolute Gasteiger partial charge is 0.155 e. The maximum Gasteiger partial charge on any atom is 0.155 e. The number of nitrogens with zero attached hydrogens (tertiary/aromatic N) is 4. The number of nitriles is 1. The van der Waals surface area contributed by atoms with Gasteiger partial charge in [-0.3, -0.25) is 5.41 Å². The molecule has 0 aliphatic carbocycles. The zero-order valence-electron chi connectivity index (χ0n) is 13.5. The molecule has 4 rings (SSSR count). The molecule has 0 unspecified atom stereocenters. The third-order valence-corrected chi connectivity index (χ3v) is 5.03. The average Bonchev–Trinajstić information content (AvgIpc) is 3.20. The molecule has 26 heavy (non-hydrogen) atoms. The Kier molecular flexibility index (Phi) is 3.95. The number of para-hydroxylation sites is 1. The molecule has 1 aliphatic heterocycles. The molecule has 0 amide bonds. The van der Waals surface area contributed by atoms with Crippen LogP contribution in [0.3, 0.4) is 0 Å². The summed E-state index contributed by atoms with van der Waals surface area (Å²) in [5, 5.41) is 33.8. The number of hydrogen-bond donors (Lipinski definition) is 2. The zero-order chi connectivity index (χ0) is 18.1. The largest absolute Gasteiger partial charge is 0.509 e. The van der Waals surface area contributed by atoms with Crippen LogP contribution in [0.25, 0.3) is 15.8 Å². The van der Waals surface area contributed by atoms with Crippen LogP contribution in [0.5, 0.6) is 0 Å². The lowest BCUT2D eigenvalue weighted by Gasteiger charge is -2.10. The minimum absolute atomic E-state index is 0.0889. The van der Waals surface area contributed by atoms with E-state index in [-0.39, 0.29) is 18.1 Å². The number of fused-ring (bicyclic) bond motifs is 1. The van der Waals surface area contributed by atoms with Crippen molar-refractivity contribution in [1.29, 1.82) is 10.7 Å². The summed E-state index contributed by atoms with van der Waals surface area (Å²) in [6, 6.07) is 16.8. The fourth-order valence-corrected chi connectivity index (χ4v) is 3.68. The highest BCUT2D eigenvalue weighted by Crippen LogP contribution is 2.33. The maximum absolute atomic E-state index is 10.3.